The van der Waals surface area contributed by atoms with Crippen molar-refractivity contribution in [3.63, 3.8) is 0 Å². The van der Waals surface area contributed by atoms with E-state index in [4.69, 9.17) is 5.73 Å². The molecule has 0 bridgehead atoms. The number of nitriles is 1. The lowest BCUT2D eigenvalue weighted by Crippen LogP contribution is -2.61. The van der Waals surface area contributed by atoms with Gasteiger partial charge in [0.15, 0.2) is 0 Å². The fourth-order valence-corrected chi connectivity index (χ4v) is 4.14. The summed E-state index contributed by atoms with van der Waals surface area (Å²) in [6.45, 7) is 10.2. The molecule has 0 aliphatic carbocycles. The Labute approximate surface area is 170 Å². The minimum absolute atomic E-state index is 0.0309. The van der Waals surface area contributed by atoms with E-state index in [-0.39, 0.29) is 17.4 Å². The van der Waals surface area contributed by atoms with Crippen molar-refractivity contribution in [1.29, 1.82) is 5.26 Å². The number of amides is 1. The number of nitrogens with zero attached hydrogens (tertiary/aromatic N) is 2. The molecule has 1 saturated heterocycles. The van der Waals surface area contributed by atoms with Crippen molar-refractivity contribution in [2.45, 2.75) is 77.4 Å². The van der Waals surface area contributed by atoms with Gasteiger partial charge in [-0.1, -0.05) is 58.0 Å². The molecule has 1 aliphatic rings. The molecule has 5 heteroatoms. The summed E-state index contributed by atoms with van der Waals surface area (Å²) in [5, 5.41) is 13.0. The zero-order chi connectivity index (χ0) is 20.8. The van der Waals surface area contributed by atoms with E-state index in [9.17, 15) is 10.1 Å². The van der Waals surface area contributed by atoms with Crippen molar-refractivity contribution >= 4 is 5.91 Å². The third-order valence-electron chi connectivity index (χ3n) is 5.50. The summed E-state index contributed by atoms with van der Waals surface area (Å²) in [6, 6.07) is 12.4. The summed E-state index contributed by atoms with van der Waals surface area (Å²) in [7, 11) is 0. The topological polar surface area (TPSA) is 82.2 Å². The number of nitrogens with one attached hydrogen (secondary N) is 1. The normalized spacial score (nSPS) is 24.4. The summed E-state index contributed by atoms with van der Waals surface area (Å²) < 4.78 is 0. The standard InChI is InChI=1S/C23H36N4O/c1-5-12-27-13-11-23(17-24,26-21(28)20(25)16-22(2,3)4)15-19(27)14-18-9-7-6-8-10-18/h6-10,19-20H,5,11-16,25H2,1-4H3,(H,26,28). The van der Waals surface area contributed by atoms with E-state index in [1.54, 1.807) is 0 Å². The van der Waals surface area contributed by atoms with E-state index in [1.165, 1.54) is 5.56 Å². The molecule has 1 aromatic rings. The molecule has 1 amide bonds. The van der Waals surface area contributed by atoms with Gasteiger partial charge >= 0.3 is 0 Å². The van der Waals surface area contributed by atoms with Gasteiger partial charge in [-0.3, -0.25) is 9.69 Å². The second-order valence-corrected chi connectivity index (χ2v) is 9.39. The van der Waals surface area contributed by atoms with Crippen molar-refractivity contribution in [2.24, 2.45) is 11.1 Å². The van der Waals surface area contributed by atoms with Crippen LogP contribution in [-0.4, -0.2) is 41.5 Å². The summed E-state index contributed by atoms with van der Waals surface area (Å²) >= 11 is 0. The molecule has 1 fully saturated rings. The molecule has 1 heterocycles. The van der Waals surface area contributed by atoms with E-state index >= 15 is 0 Å². The maximum absolute atomic E-state index is 12.7. The maximum atomic E-state index is 12.7. The molecule has 0 aromatic heterocycles. The lowest BCUT2D eigenvalue weighted by molar-refractivity contribution is -0.125. The summed E-state index contributed by atoms with van der Waals surface area (Å²) in [6.07, 6.45) is 3.83. The second kappa shape index (κ2) is 9.54. The van der Waals surface area contributed by atoms with Gasteiger partial charge in [-0.15, -0.1) is 0 Å². The lowest BCUT2D eigenvalue weighted by atomic mass is 9.81. The summed E-state index contributed by atoms with van der Waals surface area (Å²) in [5.74, 6) is -0.209. The van der Waals surface area contributed by atoms with E-state index < -0.39 is 11.6 Å². The number of carbonyl (C=O) groups is 1. The number of rotatable bonds is 7. The second-order valence-electron chi connectivity index (χ2n) is 9.39. The number of hydrogen-bond donors (Lipinski definition) is 2. The highest BCUT2D eigenvalue weighted by molar-refractivity contribution is 5.82. The van der Waals surface area contributed by atoms with Gasteiger partial charge in [0.25, 0.3) is 0 Å². The number of carbonyl (C=O) groups excluding carboxylic acids is 1. The third kappa shape index (κ3) is 6.32. The van der Waals surface area contributed by atoms with Gasteiger partial charge in [-0.05, 0) is 49.6 Å². The Balaban J connectivity index is 2.13. The fourth-order valence-electron chi connectivity index (χ4n) is 4.14. The molecule has 2 rings (SSSR count). The van der Waals surface area contributed by atoms with Crippen LogP contribution in [0.3, 0.4) is 0 Å². The van der Waals surface area contributed by atoms with Crippen LogP contribution in [0, 0.1) is 16.7 Å². The van der Waals surface area contributed by atoms with Crippen LogP contribution in [0.15, 0.2) is 30.3 Å². The highest BCUT2D eigenvalue weighted by Gasteiger charge is 2.42. The highest BCUT2D eigenvalue weighted by atomic mass is 16.2. The molecule has 3 N–H and O–H groups in total. The summed E-state index contributed by atoms with van der Waals surface area (Å²) in [5.41, 5.74) is 6.53. The van der Waals surface area contributed by atoms with Crippen molar-refractivity contribution < 1.29 is 4.79 Å². The molecule has 0 saturated carbocycles. The Kier molecular flexibility index (Phi) is 7.63. The van der Waals surface area contributed by atoms with Crippen LogP contribution >= 0.6 is 0 Å². The SMILES string of the molecule is CCCN1CCC(C#N)(NC(=O)C(N)CC(C)(C)C)CC1Cc1ccccc1. The van der Waals surface area contributed by atoms with Crippen LogP contribution in [0.2, 0.25) is 0 Å². The van der Waals surface area contributed by atoms with Gasteiger partial charge in [-0.25, -0.2) is 0 Å². The van der Waals surface area contributed by atoms with Crippen LogP contribution < -0.4 is 11.1 Å². The van der Waals surface area contributed by atoms with Crippen LogP contribution in [0.4, 0.5) is 0 Å². The van der Waals surface area contributed by atoms with Crippen LogP contribution in [0.1, 0.15) is 58.9 Å². The predicted octanol–water partition coefficient (Wildman–Crippen LogP) is 3.25. The Morgan fingerprint density at radius 2 is 2.07 bits per heavy atom. The van der Waals surface area contributed by atoms with Gasteiger partial charge in [0.05, 0.1) is 12.1 Å². The Morgan fingerprint density at radius 3 is 2.64 bits per heavy atom. The monoisotopic (exact) mass is 384 g/mol. The Bertz CT molecular complexity index is 676. The molecule has 0 spiro atoms. The molecule has 154 valence electrons. The minimum atomic E-state index is -0.837. The van der Waals surface area contributed by atoms with E-state index in [0.717, 1.165) is 25.9 Å². The summed E-state index contributed by atoms with van der Waals surface area (Å²) in [4.78, 5) is 15.2. The maximum Gasteiger partial charge on any atom is 0.238 e. The molecule has 1 aliphatic heterocycles. The molecule has 3 unspecified atom stereocenters. The fraction of sp³-hybridized carbons (Fsp3) is 0.652. The highest BCUT2D eigenvalue weighted by Crippen LogP contribution is 2.29. The number of nitrogens with two attached hydrogens (primary N) is 1. The quantitative estimate of drug-likeness (QED) is 0.756. The van der Waals surface area contributed by atoms with Crippen molar-refractivity contribution in [3.8, 4) is 6.07 Å². The first-order valence-electron chi connectivity index (χ1n) is 10.4. The lowest BCUT2D eigenvalue weighted by Gasteiger charge is -2.44. The van der Waals surface area contributed by atoms with Crippen molar-refractivity contribution in [2.75, 3.05) is 13.1 Å². The number of benzene rings is 1. The molecule has 28 heavy (non-hydrogen) atoms. The van der Waals surface area contributed by atoms with Crippen LogP contribution in [0.5, 0.6) is 0 Å². The van der Waals surface area contributed by atoms with Crippen LogP contribution in [-0.2, 0) is 11.2 Å². The largest absolute Gasteiger partial charge is 0.336 e. The molecule has 0 radical (unpaired) electrons. The molecular weight excluding hydrogens is 348 g/mol. The number of likely N-dealkylation sites (tertiary alicyclic amines) is 1. The first-order valence-corrected chi connectivity index (χ1v) is 10.4. The molecule has 5 nitrogen and oxygen atoms in total. The first-order chi connectivity index (χ1) is 13.2. The molecule has 1 aromatic carbocycles. The van der Waals surface area contributed by atoms with E-state index in [1.807, 2.05) is 18.2 Å². The van der Waals surface area contributed by atoms with Gasteiger partial charge in [0.2, 0.25) is 5.91 Å². The smallest absolute Gasteiger partial charge is 0.238 e. The third-order valence-corrected chi connectivity index (χ3v) is 5.50. The average molecular weight is 385 g/mol. The van der Waals surface area contributed by atoms with E-state index in [0.29, 0.717) is 19.3 Å². The predicted molar refractivity (Wildman–Crippen MR) is 114 cm³/mol. The zero-order valence-electron chi connectivity index (χ0n) is 17.9. The first kappa shape index (κ1) is 22.4. The molecule has 3 atom stereocenters. The Hall–Kier alpha value is -1.90. The Morgan fingerprint density at radius 1 is 1.39 bits per heavy atom. The van der Waals surface area contributed by atoms with Crippen LogP contribution in [0.25, 0.3) is 0 Å². The average Bonchev–Trinajstić information content (AvgIpc) is 2.63. The number of hydrogen-bond acceptors (Lipinski definition) is 4. The van der Waals surface area contributed by atoms with Crippen molar-refractivity contribution in [1.82, 2.24) is 10.2 Å². The van der Waals surface area contributed by atoms with E-state index in [2.05, 4.69) is 56.1 Å². The van der Waals surface area contributed by atoms with Gasteiger partial charge in [-0.2, -0.15) is 5.26 Å². The number of piperidine rings is 1. The zero-order valence-corrected chi connectivity index (χ0v) is 17.9. The minimum Gasteiger partial charge on any atom is -0.336 e. The molecular formula is C23H36N4O. The van der Waals surface area contributed by atoms with Gasteiger partial charge in [0.1, 0.15) is 5.54 Å². The van der Waals surface area contributed by atoms with Gasteiger partial charge < -0.3 is 11.1 Å². The van der Waals surface area contributed by atoms with Gasteiger partial charge in [0, 0.05) is 12.6 Å². The van der Waals surface area contributed by atoms with Crippen molar-refractivity contribution in [3.05, 3.63) is 35.9 Å².